The van der Waals surface area contributed by atoms with E-state index in [0.29, 0.717) is 28.8 Å². The first-order valence-corrected chi connectivity index (χ1v) is 9.52. The van der Waals surface area contributed by atoms with Crippen molar-refractivity contribution in [3.05, 3.63) is 30.0 Å². The normalized spacial score (nSPS) is 18.8. The maximum absolute atomic E-state index is 12.2. The maximum Gasteiger partial charge on any atom is 0.268 e. The molecule has 22 heavy (non-hydrogen) atoms. The lowest BCUT2D eigenvalue weighted by Gasteiger charge is -2.08. The van der Waals surface area contributed by atoms with Crippen molar-refractivity contribution in [2.45, 2.75) is 17.4 Å². The van der Waals surface area contributed by atoms with Crippen molar-refractivity contribution in [3.63, 3.8) is 0 Å². The molecule has 1 amide bonds. The first-order valence-electron chi connectivity index (χ1n) is 6.65. The molecule has 2 aromatic rings. The van der Waals surface area contributed by atoms with Crippen LogP contribution in [0.15, 0.2) is 29.2 Å². The number of thioether (sulfide) groups is 1. The summed E-state index contributed by atoms with van der Waals surface area (Å²) in [7, 11) is -3.29. The number of carbonyl (C=O) groups is 2. The Kier molecular flexibility index (Phi) is 3.73. The Balaban J connectivity index is 1.88. The molecule has 2 heterocycles. The van der Waals surface area contributed by atoms with Gasteiger partial charge in [-0.05, 0) is 30.7 Å². The third kappa shape index (κ3) is 2.89. The second kappa shape index (κ2) is 5.44. The van der Waals surface area contributed by atoms with Gasteiger partial charge < -0.3 is 10.3 Å². The summed E-state index contributed by atoms with van der Waals surface area (Å²) in [6.07, 6.45) is 1.77. The third-order valence-electron chi connectivity index (χ3n) is 3.51. The fraction of sp³-hybridized carbons (Fsp3) is 0.286. The molecule has 3 rings (SSSR count). The summed E-state index contributed by atoms with van der Waals surface area (Å²) in [5.74, 6) is 0.353. The van der Waals surface area contributed by atoms with Crippen LogP contribution in [0.4, 0.5) is 0 Å². The number of benzene rings is 1. The van der Waals surface area contributed by atoms with Crippen LogP contribution in [-0.2, 0) is 14.6 Å². The van der Waals surface area contributed by atoms with Crippen LogP contribution >= 0.6 is 11.8 Å². The fourth-order valence-corrected chi connectivity index (χ4v) is 3.92. The molecule has 2 N–H and O–H groups in total. The van der Waals surface area contributed by atoms with Gasteiger partial charge in [0.15, 0.2) is 9.84 Å². The van der Waals surface area contributed by atoms with Crippen LogP contribution < -0.4 is 5.32 Å². The molecule has 1 saturated heterocycles. The van der Waals surface area contributed by atoms with E-state index >= 15 is 0 Å². The third-order valence-corrected chi connectivity index (χ3v) is 5.62. The molecule has 1 aromatic carbocycles. The molecule has 1 unspecified atom stereocenters. The first kappa shape index (κ1) is 15.1. The highest BCUT2D eigenvalue weighted by Crippen LogP contribution is 2.22. The highest BCUT2D eigenvalue weighted by atomic mass is 32.2. The molecule has 1 aromatic heterocycles. The SMILES string of the molecule is CS(=O)(=O)c1ccc2[nH]c(C(=O)NC3CCSC3=O)cc2c1. The number of amides is 1. The van der Waals surface area contributed by atoms with E-state index in [4.69, 9.17) is 0 Å². The summed E-state index contributed by atoms with van der Waals surface area (Å²) >= 11 is 1.22. The molecular weight excluding hydrogens is 324 g/mol. The molecule has 0 spiro atoms. The molecule has 1 aliphatic heterocycles. The van der Waals surface area contributed by atoms with Crippen molar-refractivity contribution in [3.8, 4) is 0 Å². The van der Waals surface area contributed by atoms with Crippen LogP contribution in [-0.4, -0.2) is 42.5 Å². The van der Waals surface area contributed by atoms with Crippen LogP contribution in [0.1, 0.15) is 16.9 Å². The van der Waals surface area contributed by atoms with Gasteiger partial charge in [0.05, 0.1) is 10.9 Å². The summed E-state index contributed by atoms with van der Waals surface area (Å²) in [6.45, 7) is 0. The monoisotopic (exact) mass is 338 g/mol. The Labute approximate surface area is 131 Å². The van der Waals surface area contributed by atoms with Gasteiger partial charge in [-0.2, -0.15) is 0 Å². The van der Waals surface area contributed by atoms with Crippen molar-refractivity contribution >= 4 is 43.5 Å². The molecule has 0 aliphatic carbocycles. The van der Waals surface area contributed by atoms with Gasteiger partial charge in [0.25, 0.3) is 5.91 Å². The van der Waals surface area contributed by atoms with Gasteiger partial charge in [-0.25, -0.2) is 8.42 Å². The average molecular weight is 338 g/mol. The fourth-order valence-electron chi connectivity index (χ4n) is 2.33. The molecule has 1 atom stereocenters. The van der Waals surface area contributed by atoms with Gasteiger partial charge in [-0.15, -0.1) is 0 Å². The number of H-pyrrole nitrogens is 1. The molecular formula is C14H14N2O4S2. The van der Waals surface area contributed by atoms with E-state index in [1.54, 1.807) is 12.1 Å². The summed E-state index contributed by atoms with van der Waals surface area (Å²) in [5, 5.41) is 3.31. The van der Waals surface area contributed by atoms with E-state index in [1.807, 2.05) is 0 Å². The minimum atomic E-state index is -3.29. The Hall–Kier alpha value is -1.80. The van der Waals surface area contributed by atoms with E-state index in [2.05, 4.69) is 10.3 Å². The zero-order valence-electron chi connectivity index (χ0n) is 11.8. The number of fused-ring (bicyclic) bond motifs is 1. The van der Waals surface area contributed by atoms with Gasteiger partial charge in [0.1, 0.15) is 5.69 Å². The number of rotatable bonds is 3. The van der Waals surface area contributed by atoms with Gasteiger partial charge in [-0.3, -0.25) is 9.59 Å². The predicted molar refractivity (Wildman–Crippen MR) is 84.7 cm³/mol. The van der Waals surface area contributed by atoms with Crippen LogP contribution in [0.3, 0.4) is 0 Å². The van der Waals surface area contributed by atoms with E-state index in [9.17, 15) is 18.0 Å². The Bertz CT molecular complexity index is 870. The Morgan fingerprint density at radius 2 is 2.14 bits per heavy atom. The van der Waals surface area contributed by atoms with E-state index in [1.165, 1.54) is 23.9 Å². The molecule has 0 radical (unpaired) electrons. The van der Waals surface area contributed by atoms with Crippen molar-refractivity contribution in [1.29, 1.82) is 0 Å². The molecule has 0 saturated carbocycles. The summed E-state index contributed by atoms with van der Waals surface area (Å²) in [4.78, 5) is 26.9. The topological polar surface area (TPSA) is 96.1 Å². The average Bonchev–Trinajstić information content (AvgIpc) is 3.03. The summed E-state index contributed by atoms with van der Waals surface area (Å²) in [5.41, 5.74) is 0.982. The Morgan fingerprint density at radius 3 is 2.77 bits per heavy atom. The number of carbonyl (C=O) groups excluding carboxylic acids is 2. The van der Waals surface area contributed by atoms with Crippen LogP contribution in [0.2, 0.25) is 0 Å². The molecule has 8 heteroatoms. The number of hydrogen-bond acceptors (Lipinski definition) is 5. The minimum Gasteiger partial charge on any atom is -0.351 e. The van der Waals surface area contributed by atoms with Gasteiger partial charge >= 0.3 is 0 Å². The van der Waals surface area contributed by atoms with Gasteiger partial charge in [0.2, 0.25) is 5.12 Å². The summed E-state index contributed by atoms with van der Waals surface area (Å²) in [6, 6.07) is 5.78. The van der Waals surface area contributed by atoms with Gasteiger partial charge in [-0.1, -0.05) is 11.8 Å². The first-order chi connectivity index (χ1) is 10.3. The number of hydrogen-bond donors (Lipinski definition) is 2. The molecule has 1 aliphatic rings. The lowest BCUT2D eigenvalue weighted by molar-refractivity contribution is -0.112. The summed E-state index contributed by atoms with van der Waals surface area (Å²) < 4.78 is 23.1. The maximum atomic E-state index is 12.2. The molecule has 6 nitrogen and oxygen atoms in total. The zero-order chi connectivity index (χ0) is 15.9. The van der Waals surface area contributed by atoms with E-state index in [-0.39, 0.29) is 15.9 Å². The van der Waals surface area contributed by atoms with Gasteiger partial charge in [0, 0.05) is 22.9 Å². The highest BCUT2D eigenvalue weighted by molar-refractivity contribution is 8.14. The van der Waals surface area contributed by atoms with Crippen LogP contribution in [0.25, 0.3) is 10.9 Å². The van der Waals surface area contributed by atoms with Crippen LogP contribution in [0.5, 0.6) is 0 Å². The largest absolute Gasteiger partial charge is 0.351 e. The second-order valence-electron chi connectivity index (χ2n) is 5.19. The van der Waals surface area contributed by atoms with Crippen molar-refractivity contribution in [1.82, 2.24) is 10.3 Å². The lowest BCUT2D eigenvalue weighted by atomic mass is 10.2. The quantitative estimate of drug-likeness (QED) is 0.880. The highest BCUT2D eigenvalue weighted by Gasteiger charge is 2.27. The van der Waals surface area contributed by atoms with E-state index in [0.717, 1.165) is 6.26 Å². The minimum absolute atomic E-state index is 0.0242. The van der Waals surface area contributed by atoms with Crippen molar-refractivity contribution in [2.24, 2.45) is 0 Å². The van der Waals surface area contributed by atoms with E-state index < -0.39 is 15.9 Å². The predicted octanol–water partition coefficient (Wildman–Crippen LogP) is 1.33. The molecule has 1 fully saturated rings. The lowest BCUT2D eigenvalue weighted by Crippen LogP contribution is -2.37. The number of aromatic amines is 1. The number of aromatic nitrogens is 1. The number of nitrogens with one attached hydrogen (secondary N) is 2. The molecule has 0 bridgehead atoms. The van der Waals surface area contributed by atoms with Crippen molar-refractivity contribution in [2.75, 3.05) is 12.0 Å². The number of sulfone groups is 1. The van der Waals surface area contributed by atoms with Crippen molar-refractivity contribution < 1.29 is 18.0 Å². The molecule has 116 valence electrons. The second-order valence-corrected chi connectivity index (χ2v) is 8.30. The standard InChI is InChI=1S/C14H14N2O4S2/c1-22(19,20)9-2-3-10-8(6-9)7-12(15-10)13(17)16-11-4-5-21-14(11)18/h2-3,6-7,11,15H,4-5H2,1H3,(H,16,17). The Morgan fingerprint density at radius 1 is 1.36 bits per heavy atom. The zero-order valence-corrected chi connectivity index (χ0v) is 13.4. The smallest absolute Gasteiger partial charge is 0.268 e. The van der Waals surface area contributed by atoms with Crippen LogP contribution in [0, 0.1) is 0 Å².